The van der Waals surface area contributed by atoms with E-state index in [0.717, 1.165) is 45.5 Å². The van der Waals surface area contributed by atoms with Crippen molar-refractivity contribution in [2.45, 2.75) is 6.92 Å². The van der Waals surface area contributed by atoms with Crippen LogP contribution in [0.1, 0.15) is 17.1 Å². The molecule has 0 aliphatic rings. The number of rotatable bonds is 6. The Balaban J connectivity index is 1.54. The average Bonchev–Trinajstić information content (AvgIpc) is 3.41. The Morgan fingerprint density at radius 2 is 1.83 bits per heavy atom. The lowest BCUT2D eigenvalue weighted by Crippen LogP contribution is -1.95. The standard InChI is InChI=1S/C23H22N4O2/c1-16-14-27(15-25-16)21-10-4-17(12-22(21)29-3)5-11-23-24-13-20(26-23)18-6-8-19(28-2)9-7-18/h4-15H,1-3H3,(H,24,26). The summed E-state index contributed by atoms with van der Waals surface area (Å²) in [6.07, 6.45) is 9.60. The zero-order valence-electron chi connectivity index (χ0n) is 16.6. The number of aromatic amines is 1. The fourth-order valence-electron chi connectivity index (χ4n) is 3.07. The number of nitrogens with one attached hydrogen (secondary N) is 1. The van der Waals surface area contributed by atoms with Gasteiger partial charge in [0.05, 0.1) is 37.6 Å². The summed E-state index contributed by atoms with van der Waals surface area (Å²) in [5.74, 6) is 2.39. The number of ether oxygens (including phenoxy) is 2. The molecular weight excluding hydrogens is 364 g/mol. The number of hydrogen-bond acceptors (Lipinski definition) is 4. The van der Waals surface area contributed by atoms with Crippen LogP contribution in [0.4, 0.5) is 0 Å². The molecule has 0 unspecified atom stereocenters. The van der Waals surface area contributed by atoms with Crippen LogP contribution >= 0.6 is 0 Å². The van der Waals surface area contributed by atoms with Crippen molar-refractivity contribution >= 4 is 12.2 Å². The van der Waals surface area contributed by atoms with E-state index in [9.17, 15) is 0 Å². The Labute approximate surface area is 169 Å². The molecule has 0 saturated carbocycles. The first kappa shape index (κ1) is 18.6. The summed E-state index contributed by atoms with van der Waals surface area (Å²) in [5.41, 5.74) is 4.84. The largest absolute Gasteiger partial charge is 0.497 e. The smallest absolute Gasteiger partial charge is 0.143 e. The van der Waals surface area contributed by atoms with Gasteiger partial charge < -0.3 is 19.0 Å². The van der Waals surface area contributed by atoms with Gasteiger partial charge in [-0.2, -0.15) is 0 Å². The first-order chi connectivity index (χ1) is 14.2. The van der Waals surface area contributed by atoms with Gasteiger partial charge in [-0.1, -0.05) is 12.1 Å². The Morgan fingerprint density at radius 1 is 1.00 bits per heavy atom. The second-order valence-corrected chi connectivity index (χ2v) is 6.59. The van der Waals surface area contributed by atoms with E-state index in [1.165, 1.54) is 0 Å². The third kappa shape index (κ3) is 4.06. The molecule has 146 valence electrons. The van der Waals surface area contributed by atoms with Gasteiger partial charge in [-0.05, 0) is 55.0 Å². The minimum absolute atomic E-state index is 0.780. The van der Waals surface area contributed by atoms with Crippen LogP contribution in [0.15, 0.2) is 61.2 Å². The van der Waals surface area contributed by atoms with Crippen LogP contribution in [0.2, 0.25) is 0 Å². The van der Waals surface area contributed by atoms with Crippen LogP contribution in [-0.4, -0.2) is 33.7 Å². The minimum Gasteiger partial charge on any atom is -0.497 e. The minimum atomic E-state index is 0.780. The molecule has 0 bridgehead atoms. The lowest BCUT2D eigenvalue weighted by atomic mass is 10.1. The maximum Gasteiger partial charge on any atom is 0.143 e. The van der Waals surface area contributed by atoms with Gasteiger partial charge >= 0.3 is 0 Å². The van der Waals surface area contributed by atoms with E-state index in [2.05, 4.69) is 15.0 Å². The number of hydrogen-bond donors (Lipinski definition) is 1. The molecule has 4 rings (SSSR count). The number of imidazole rings is 2. The molecule has 4 aromatic rings. The molecule has 2 aromatic heterocycles. The Hall–Kier alpha value is -3.80. The van der Waals surface area contributed by atoms with Crippen molar-refractivity contribution in [3.05, 3.63) is 78.3 Å². The maximum atomic E-state index is 5.57. The fraction of sp³-hybridized carbons (Fsp3) is 0.130. The quantitative estimate of drug-likeness (QED) is 0.519. The summed E-state index contributed by atoms with van der Waals surface area (Å²) < 4.78 is 12.7. The molecule has 0 aliphatic heterocycles. The molecule has 2 heterocycles. The van der Waals surface area contributed by atoms with Gasteiger partial charge in [0.25, 0.3) is 0 Å². The van der Waals surface area contributed by atoms with Crippen LogP contribution in [-0.2, 0) is 0 Å². The lowest BCUT2D eigenvalue weighted by Gasteiger charge is -2.09. The molecule has 0 fully saturated rings. The molecule has 29 heavy (non-hydrogen) atoms. The van der Waals surface area contributed by atoms with Gasteiger partial charge in [0.1, 0.15) is 17.3 Å². The fourth-order valence-corrected chi connectivity index (χ4v) is 3.07. The first-order valence-electron chi connectivity index (χ1n) is 9.23. The van der Waals surface area contributed by atoms with Crippen molar-refractivity contribution in [1.82, 2.24) is 19.5 Å². The van der Waals surface area contributed by atoms with Crippen LogP contribution in [0.25, 0.3) is 29.1 Å². The third-order valence-electron chi connectivity index (χ3n) is 4.61. The number of methoxy groups -OCH3 is 2. The van der Waals surface area contributed by atoms with Crippen LogP contribution in [0.5, 0.6) is 11.5 Å². The van der Waals surface area contributed by atoms with E-state index in [1.54, 1.807) is 20.5 Å². The van der Waals surface area contributed by atoms with E-state index >= 15 is 0 Å². The molecule has 0 radical (unpaired) electrons. The summed E-state index contributed by atoms with van der Waals surface area (Å²) >= 11 is 0. The summed E-state index contributed by atoms with van der Waals surface area (Å²) in [7, 11) is 3.33. The number of aromatic nitrogens is 4. The number of aryl methyl sites for hydroxylation is 1. The highest BCUT2D eigenvalue weighted by atomic mass is 16.5. The van der Waals surface area contributed by atoms with Crippen molar-refractivity contribution in [3.8, 4) is 28.4 Å². The predicted molar refractivity (Wildman–Crippen MR) is 114 cm³/mol. The molecular formula is C23H22N4O2. The number of H-pyrrole nitrogens is 1. The molecule has 0 saturated heterocycles. The van der Waals surface area contributed by atoms with Gasteiger partial charge in [-0.15, -0.1) is 0 Å². The maximum absolute atomic E-state index is 5.57. The third-order valence-corrected chi connectivity index (χ3v) is 4.61. The molecule has 0 spiro atoms. The van der Waals surface area contributed by atoms with Crippen molar-refractivity contribution < 1.29 is 9.47 Å². The van der Waals surface area contributed by atoms with Gasteiger partial charge in [-0.25, -0.2) is 9.97 Å². The van der Waals surface area contributed by atoms with Crippen molar-refractivity contribution in [3.63, 3.8) is 0 Å². The van der Waals surface area contributed by atoms with Gasteiger partial charge in [0, 0.05) is 18.0 Å². The van der Waals surface area contributed by atoms with Crippen molar-refractivity contribution in [2.75, 3.05) is 14.2 Å². The van der Waals surface area contributed by atoms with Gasteiger partial charge in [-0.3, -0.25) is 0 Å². The Kier molecular flexibility index (Phi) is 5.16. The molecule has 1 N–H and O–H groups in total. The summed E-state index contributed by atoms with van der Waals surface area (Å²) in [4.78, 5) is 12.1. The Morgan fingerprint density at radius 3 is 2.52 bits per heavy atom. The predicted octanol–water partition coefficient (Wildman–Crippen LogP) is 4.76. The molecule has 0 aliphatic carbocycles. The molecule has 6 heteroatoms. The highest BCUT2D eigenvalue weighted by Crippen LogP contribution is 2.26. The van der Waals surface area contributed by atoms with Crippen LogP contribution < -0.4 is 9.47 Å². The molecule has 0 amide bonds. The second-order valence-electron chi connectivity index (χ2n) is 6.59. The topological polar surface area (TPSA) is 65.0 Å². The van der Waals surface area contributed by atoms with Crippen LogP contribution in [0.3, 0.4) is 0 Å². The first-order valence-corrected chi connectivity index (χ1v) is 9.23. The highest BCUT2D eigenvalue weighted by Gasteiger charge is 2.07. The van der Waals surface area contributed by atoms with E-state index in [0.29, 0.717) is 0 Å². The summed E-state index contributed by atoms with van der Waals surface area (Å²) in [6.45, 7) is 1.96. The van der Waals surface area contributed by atoms with E-state index in [4.69, 9.17) is 9.47 Å². The number of nitrogens with zero attached hydrogens (tertiary/aromatic N) is 3. The summed E-state index contributed by atoms with van der Waals surface area (Å²) in [6, 6.07) is 13.9. The van der Waals surface area contributed by atoms with Crippen molar-refractivity contribution in [2.24, 2.45) is 0 Å². The summed E-state index contributed by atoms with van der Waals surface area (Å²) in [5, 5.41) is 0. The van der Waals surface area contributed by atoms with Crippen molar-refractivity contribution in [1.29, 1.82) is 0 Å². The second kappa shape index (κ2) is 8.06. The monoisotopic (exact) mass is 386 g/mol. The van der Waals surface area contributed by atoms with Gasteiger partial charge in [0.2, 0.25) is 0 Å². The van der Waals surface area contributed by atoms with Gasteiger partial charge in [0.15, 0.2) is 0 Å². The molecule has 6 nitrogen and oxygen atoms in total. The molecule has 2 aromatic carbocycles. The van der Waals surface area contributed by atoms with E-state index in [-0.39, 0.29) is 0 Å². The normalized spacial score (nSPS) is 11.1. The SMILES string of the molecule is COc1ccc(-c2c[nH]c(C=Cc3ccc(-n4cnc(C)c4)c(OC)c3)n2)cc1. The average molecular weight is 386 g/mol. The Bertz CT molecular complexity index is 1140. The highest BCUT2D eigenvalue weighted by molar-refractivity contribution is 5.70. The van der Waals surface area contributed by atoms with E-state index < -0.39 is 0 Å². The van der Waals surface area contributed by atoms with Crippen LogP contribution in [0, 0.1) is 6.92 Å². The molecule has 0 atom stereocenters. The number of benzene rings is 2. The van der Waals surface area contributed by atoms with E-state index in [1.807, 2.05) is 78.5 Å². The zero-order valence-corrected chi connectivity index (χ0v) is 16.6. The lowest BCUT2D eigenvalue weighted by molar-refractivity contribution is 0.413. The zero-order chi connectivity index (χ0) is 20.2.